The molecule has 0 saturated carbocycles. The zero-order valence-corrected chi connectivity index (χ0v) is 43.4. The number of para-hydroxylation sites is 1. The van der Waals surface area contributed by atoms with Gasteiger partial charge in [0.25, 0.3) is 0 Å². The molecule has 2 aliphatic rings. The molecule has 9 rings (SSSR count). The normalized spacial score (nSPS) is 15.1. The molecule has 2 aromatic heterocycles. The number of aliphatic hydroxyl groups is 1. The number of aliphatic imine (C=N–C) groups is 1. The van der Waals surface area contributed by atoms with E-state index in [9.17, 15) is 19.8 Å². The lowest BCUT2D eigenvalue weighted by atomic mass is 10.1. The van der Waals surface area contributed by atoms with Gasteiger partial charge in [0.05, 0.1) is 85.5 Å². The van der Waals surface area contributed by atoms with E-state index in [0.29, 0.717) is 86.0 Å². The van der Waals surface area contributed by atoms with Crippen molar-refractivity contribution < 1.29 is 48.2 Å². The van der Waals surface area contributed by atoms with Crippen LogP contribution in [0.5, 0.6) is 17.2 Å². The number of hydrogen-bond acceptors (Lipinski definition) is 16. The Bertz CT molecular complexity index is 3200. The molecule has 0 bridgehead atoms. The van der Waals surface area contributed by atoms with Crippen LogP contribution in [0.25, 0.3) is 50.9 Å². The van der Waals surface area contributed by atoms with Gasteiger partial charge in [0, 0.05) is 56.0 Å². The first-order valence-corrected chi connectivity index (χ1v) is 26.3. The van der Waals surface area contributed by atoms with Crippen LogP contribution >= 0.6 is 11.8 Å². The van der Waals surface area contributed by atoms with Crippen LogP contribution in [0.1, 0.15) is 25.3 Å². The lowest BCUT2D eigenvalue weighted by Gasteiger charge is -2.34. The third-order valence-electron chi connectivity index (χ3n) is 12.4. The molecule has 0 spiro atoms. The summed E-state index contributed by atoms with van der Waals surface area (Å²) in [6.45, 7) is 9.03. The van der Waals surface area contributed by atoms with Crippen molar-refractivity contribution in [1.82, 2.24) is 30.2 Å². The second kappa shape index (κ2) is 26.2. The largest absolute Gasteiger partial charge is 0.506 e. The van der Waals surface area contributed by atoms with Crippen molar-refractivity contribution >= 4 is 68.2 Å². The number of piperazine rings is 1. The fraction of sp³-hybridized carbons (Fsp3) is 0.316. The maximum atomic E-state index is 12.7. The van der Waals surface area contributed by atoms with Gasteiger partial charge in [-0.3, -0.25) is 4.79 Å². The second-order valence-corrected chi connectivity index (χ2v) is 19.0. The number of carbonyl (C=O) groups excluding carboxylic acids is 2. The highest BCUT2D eigenvalue weighted by Gasteiger charge is 2.33. The van der Waals surface area contributed by atoms with Crippen LogP contribution in [0, 0.1) is 0 Å². The summed E-state index contributed by atoms with van der Waals surface area (Å²) in [4.78, 5) is 51.6. The van der Waals surface area contributed by atoms with Gasteiger partial charge >= 0.3 is 5.97 Å². The molecule has 1 amide bonds. The van der Waals surface area contributed by atoms with Crippen LogP contribution in [0.3, 0.4) is 0 Å². The molecule has 1 saturated heterocycles. The van der Waals surface area contributed by atoms with E-state index in [0.717, 1.165) is 82.8 Å². The molecule has 0 atom stereocenters. The number of ether oxygens (including phenoxy) is 6. The average Bonchev–Trinajstić information content (AvgIpc) is 4.15. The monoisotopic (exact) mass is 1050 g/mol. The predicted molar refractivity (Wildman–Crippen MR) is 296 cm³/mol. The summed E-state index contributed by atoms with van der Waals surface area (Å²) in [5.74, 6) is 1.43. The highest BCUT2D eigenvalue weighted by Crippen LogP contribution is 2.41. The SMILES string of the molecule is CCOC(=O)C1=C(O)/C(=C/c2ccc(OCCOCCOCCOCCNC(=O)CCCOc3cccc(-c4nc5ccc(-c6nc7ccc(N8CCN(C)CC8)cc7[nH]6)cc5[nH]4)c3)c(O)c2)SC1=Nc1ccccc1. The van der Waals surface area contributed by atoms with Crippen LogP contribution in [0.2, 0.25) is 0 Å². The van der Waals surface area contributed by atoms with E-state index in [4.69, 9.17) is 38.4 Å². The first-order valence-electron chi connectivity index (χ1n) is 25.4. The van der Waals surface area contributed by atoms with Gasteiger partial charge in [-0.15, -0.1) is 0 Å². The number of imidazole rings is 2. The molecule has 0 radical (unpaired) electrons. The average molecular weight is 1050 g/mol. The maximum Gasteiger partial charge on any atom is 0.344 e. The topological polar surface area (TPSA) is 218 Å². The van der Waals surface area contributed by atoms with Crippen molar-refractivity contribution in [3.8, 4) is 40.0 Å². The molecule has 2 aliphatic heterocycles. The number of nitrogens with zero attached hydrogens (tertiary/aromatic N) is 5. The smallest absolute Gasteiger partial charge is 0.344 e. The number of likely N-dealkylation sites (N-methyl/N-ethyl adjacent to an activating group) is 1. The number of fused-ring (bicyclic) bond motifs is 2. The highest BCUT2D eigenvalue weighted by atomic mass is 32.2. The van der Waals surface area contributed by atoms with Gasteiger partial charge in [-0.1, -0.05) is 48.2 Å². The van der Waals surface area contributed by atoms with E-state index in [1.54, 1.807) is 37.3 Å². The van der Waals surface area contributed by atoms with Gasteiger partial charge in [0.1, 0.15) is 40.4 Å². The number of phenolic OH excluding ortho intramolecular Hbond substituents is 1. The van der Waals surface area contributed by atoms with Crippen molar-refractivity contribution in [1.29, 1.82) is 0 Å². The first-order chi connectivity index (χ1) is 37.2. The quantitative estimate of drug-likeness (QED) is 0.0267. The van der Waals surface area contributed by atoms with E-state index in [1.165, 1.54) is 11.8 Å². The van der Waals surface area contributed by atoms with Crippen LogP contribution in [-0.2, 0) is 28.5 Å². The van der Waals surface area contributed by atoms with Crippen molar-refractivity contribution in [3.63, 3.8) is 0 Å². The van der Waals surface area contributed by atoms with Crippen LogP contribution in [-0.4, -0.2) is 151 Å². The number of nitrogens with one attached hydrogen (secondary N) is 3. The number of phenols is 1. The summed E-state index contributed by atoms with van der Waals surface area (Å²) in [7, 11) is 2.17. The number of H-pyrrole nitrogens is 2. The first kappa shape index (κ1) is 53.2. The summed E-state index contributed by atoms with van der Waals surface area (Å²) in [5.41, 5.74) is 7.98. The van der Waals surface area contributed by atoms with Gasteiger partial charge in [-0.2, -0.15) is 0 Å². The summed E-state index contributed by atoms with van der Waals surface area (Å²) < 4.78 is 33.7. The Hall–Kier alpha value is -7.68. The van der Waals surface area contributed by atoms with Crippen molar-refractivity contribution in [2.45, 2.75) is 19.8 Å². The minimum Gasteiger partial charge on any atom is -0.506 e. The zero-order chi connectivity index (χ0) is 52.6. The zero-order valence-electron chi connectivity index (χ0n) is 42.6. The number of thioether (sulfide) groups is 1. The molecule has 0 aliphatic carbocycles. The van der Waals surface area contributed by atoms with E-state index in [2.05, 4.69) is 61.4 Å². The molecule has 1 fully saturated rings. The molecule has 4 heterocycles. The summed E-state index contributed by atoms with van der Waals surface area (Å²) in [6, 6.07) is 34.3. The van der Waals surface area contributed by atoms with Gasteiger partial charge in [0.2, 0.25) is 5.91 Å². The van der Waals surface area contributed by atoms with E-state index >= 15 is 0 Å². The molecule has 0 unspecified atom stereocenters. The molecule has 76 heavy (non-hydrogen) atoms. The van der Waals surface area contributed by atoms with Crippen LogP contribution in [0.4, 0.5) is 11.4 Å². The standard InChI is InChI=1S/C57H62N8O10S/c1-3-73-57(69)52-53(68)50(76-56(52)59-41-10-5-4-6-11-41)34-38-14-19-49(48(66)33-38)75-32-31-72-30-29-71-28-27-70-26-20-58-51(67)13-8-25-74-43-12-7-9-39(35-43)54-60-44-17-15-40(36-46(44)62-54)55-61-45-18-16-42(37-47(45)63-55)65-23-21-64(2)22-24-65/h4-7,9-12,14-19,33-37,66,68H,3,8,13,20-32H2,1-2H3,(H,58,67)(H,60,62)(H,61,63)/b50-34-,59-56?. The van der Waals surface area contributed by atoms with Gasteiger partial charge in [-0.25, -0.2) is 19.8 Å². The maximum absolute atomic E-state index is 12.7. The summed E-state index contributed by atoms with van der Waals surface area (Å²) in [6.07, 6.45) is 2.53. The van der Waals surface area contributed by atoms with Crippen molar-refractivity contribution in [2.24, 2.45) is 4.99 Å². The van der Waals surface area contributed by atoms with E-state index < -0.39 is 5.97 Å². The molecule has 19 heteroatoms. The molecular weight excluding hydrogens is 989 g/mol. The fourth-order valence-electron chi connectivity index (χ4n) is 8.46. The lowest BCUT2D eigenvalue weighted by Crippen LogP contribution is -2.44. The molecular formula is C57H62N8O10S. The minimum atomic E-state index is -0.670. The Kier molecular flexibility index (Phi) is 18.3. The van der Waals surface area contributed by atoms with Crippen LogP contribution in [0.15, 0.2) is 130 Å². The number of hydrogen-bond donors (Lipinski definition) is 5. The van der Waals surface area contributed by atoms with Crippen LogP contribution < -0.4 is 19.7 Å². The van der Waals surface area contributed by atoms with Gasteiger partial charge in [-0.05, 0) is 105 Å². The number of anilines is 1. The molecule has 18 nitrogen and oxygen atoms in total. The van der Waals surface area contributed by atoms with E-state index in [1.807, 2.05) is 54.6 Å². The number of benzene rings is 5. The number of aromatic hydroxyl groups is 1. The Balaban J connectivity index is 0.608. The Morgan fingerprint density at radius 2 is 1.43 bits per heavy atom. The minimum absolute atomic E-state index is 0.00984. The Morgan fingerprint density at radius 1 is 0.737 bits per heavy atom. The van der Waals surface area contributed by atoms with E-state index in [-0.39, 0.29) is 48.6 Å². The highest BCUT2D eigenvalue weighted by molar-refractivity contribution is 8.18. The second-order valence-electron chi connectivity index (χ2n) is 17.9. The van der Waals surface area contributed by atoms with Gasteiger partial charge < -0.3 is 63.7 Å². The summed E-state index contributed by atoms with van der Waals surface area (Å²) >= 11 is 1.13. The fourth-order valence-corrected chi connectivity index (χ4v) is 9.49. The van der Waals surface area contributed by atoms with Crippen molar-refractivity contribution in [3.05, 3.63) is 131 Å². The molecule has 5 aromatic carbocycles. The molecule has 5 N–H and O–H groups in total. The lowest BCUT2D eigenvalue weighted by molar-refractivity contribution is -0.138. The number of carbonyl (C=O) groups is 2. The number of amides is 1. The van der Waals surface area contributed by atoms with Crippen molar-refractivity contribution in [2.75, 3.05) is 104 Å². The number of esters is 1. The Labute approximate surface area is 444 Å². The predicted octanol–water partition coefficient (Wildman–Crippen LogP) is 8.83. The number of aromatic amines is 2. The Morgan fingerprint density at radius 3 is 2.17 bits per heavy atom. The number of aromatic nitrogens is 4. The van der Waals surface area contributed by atoms with Gasteiger partial charge in [0.15, 0.2) is 11.5 Å². The third-order valence-corrected chi connectivity index (χ3v) is 13.5. The molecule has 396 valence electrons. The number of aliphatic hydroxyl groups excluding tert-OH is 1. The third kappa shape index (κ3) is 14.2. The summed E-state index contributed by atoms with van der Waals surface area (Å²) in [5, 5.41) is 24.8. The molecule has 7 aromatic rings. The number of rotatable bonds is 25.